The second-order valence-corrected chi connectivity index (χ2v) is 14.6. The molecule has 1 fully saturated rings. The van der Waals surface area contributed by atoms with E-state index in [0.29, 0.717) is 13.2 Å². The van der Waals surface area contributed by atoms with Gasteiger partial charge >= 0.3 is 7.75 Å². The molecule has 1 heterocycles. The zero-order valence-corrected chi connectivity index (χ0v) is 29.9. The summed E-state index contributed by atoms with van der Waals surface area (Å²) in [5.41, 5.74) is 1.32. The van der Waals surface area contributed by atoms with Gasteiger partial charge in [0.2, 0.25) is 0 Å². The fourth-order valence-electron chi connectivity index (χ4n) is 6.35. The van der Waals surface area contributed by atoms with Crippen LogP contribution in [0.3, 0.4) is 0 Å². The topological polar surface area (TPSA) is 86.3 Å². The Labute approximate surface area is 289 Å². The van der Waals surface area contributed by atoms with Gasteiger partial charge in [-0.05, 0) is 23.1 Å². The normalized spacial score (nSPS) is 17.8. The minimum absolute atomic E-state index is 0.0302. The summed E-state index contributed by atoms with van der Waals surface area (Å²) in [6.45, 7) is 3.40. The SMILES string of the molecule is CCCCCCCCCCCCCCCCOCC(O)C(OC(c1ccccc1)(c1ccccc1)c1ccccc1)OP1(=O)NCCO1. The summed E-state index contributed by atoms with van der Waals surface area (Å²) in [4.78, 5) is 0. The van der Waals surface area contributed by atoms with Gasteiger partial charge < -0.3 is 14.6 Å². The Morgan fingerprint density at radius 3 is 1.56 bits per heavy atom. The van der Waals surface area contributed by atoms with Crippen LogP contribution in [0.5, 0.6) is 0 Å². The van der Waals surface area contributed by atoms with E-state index in [2.05, 4.69) is 12.0 Å². The lowest BCUT2D eigenvalue weighted by Crippen LogP contribution is -2.44. The van der Waals surface area contributed by atoms with Gasteiger partial charge in [-0.2, -0.15) is 0 Å². The monoisotopic (exact) mass is 679 g/mol. The maximum Gasteiger partial charge on any atom is 0.408 e. The summed E-state index contributed by atoms with van der Waals surface area (Å²) in [7, 11) is -3.71. The predicted molar refractivity (Wildman–Crippen MR) is 194 cm³/mol. The Balaban J connectivity index is 1.33. The Morgan fingerprint density at radius 1 is 0.708 bits per heavy atom. The van der Waals surface area contributed by atoms with Crippen LogP contribution in [0.25, 0.3) is 0 Å². The number of unbranched alkanes of at least 4 members (excludes halogenated alkanes) is 13. The number of hydrogen-bond donors (Lipinski definition) is 2. The fourth-order valence-corrected chi connectivity index (χ4v) is 7.73. The Bertz CT molecular complexity index is 1190. The highest BCUT2D eigenvalue weighted by molar-refractivity contribution is 7.51. The molecule has 3 aromatic rings. The molecule has 0 bridgehead atoms. The molecule has 0 aromatic heterocycles. The van der Waals surface area contributed by atoms with Gasteiger partial charge in [0.05, 0.1) is 13.2 Å². The molecular weight excluding hydrogens is 621 g/mol. The first-order valence-electron chi connectivity index (χ1n) is 18.4. The van der Waals surface area contributed by atoms with Crippen LogP contribution in [0.2, 0.25) is 0 Å². The molecular formula is C40H58NO6P. The van der Waals surface area contributed by atoms with E-state index in [1.165, 1.54) is 77.0 Å². The van der Waals surface area contributed by atoms with E-state index in [4.69, 9.17) is 18.5 Å². The minimum Gasteiger partial charge on any atom is -0.385 e. The van der Waals surface area contributed by atoms with Gasteiger partial charge in [-0.1, -0.05) is 181 Å². The lowest BCUT2D eigenvalue weighted by Gasteiger charge is -2.40. The average Bonchev–Trinajstić information content (AvgIpc) is 3.56. The molecule has 4 rings (SSSR count). The van der Waals surface area contributed by atoms with E-state index >= 15 is 0 Å². The van der Waals surface area contributed by atoms with Crippen molar-refractivity contribution in [2.75, 3.05) is 26.4 Å². The van der Waals surface area contributed by atoms with E-state index in [9.17, 15) is 9.67 Å². The van der Waals surface area contributed by atoms with E-state index in [-0.39, 0.29) is 13.2 Å². The van der Waals surface area contributed by atoms with Crippen molar-refractivity contribution in [2.45, 2.75) is 115 Å². The highest BCUT2D eigenvalue weighted by Gasteiger charge is 2.45. The molecule has 0 saturated carbocycles. The summed E-state index contributed by atoms with van der Waals surface area (Å²) >= 11 is 0. The Morgan fingerprint density at radius 2 is 1.15 bits per heavy atom. The van der Waals surface area contributed by atoms with E-state index < -0.39 is 25.7 Å². The maximum absolute atomic E-state index is 13.5. The molecule has 1 aliphatic rings. The van der Waals surface area contributed by atoms with E-state index in [0.717, 1.165) is 29.5 Å². The van der Waals surface area contributed by atoms with Crippen molar-refractivity contribution in [1.82, 2.24) is 5.09 Å². The predicted octanol–water partition coefficient (Wildman–Crippen LogP) is 9.92. The molecule has 264 valence electrons. The number of hydrogen-bond acceptors (Lipinski definition) is 6. The van der Waals surface area contributed by atoms with Crippen molar-refractivity contribution in [3.8, 4) is 0 Å². The van der Waals surface area contributed by atoms with E-state index in [1.54, 1.807) is 0 Å². The lowest BCUT2D eigenvalue weighted by atomic mass is 9.80. The smallest absolute Gasteiger partial charge is 0.385 e. The van der Waals surface area contributed by atoms with Crippen molar-refractivity contribution in [2.24, 2.45) is 0 Å². The fraction of sp³-hybridized carbons (Fsp3) is 0.550. The van der Waals surface area contributed by atoms with Crippen molar-refractivity contribution in [1.29, 1.82) is 0 Å². The largest absolute Gasteiger partial charge is 0.408 e. The Hall–Kier alpha value is -2.35. The van der Waals surface area contributed by atoms with Gasteiger partial charge in [-0.25, -0.2) is 9.65 Å². The van der Waals surface area contributed by atoms with Crippen LogP contribution in [0.1, 0.15) is 114 Å². The molecule has 3 aromatic carbocycles. The van der Waals surface area contributed by atoms with Gasteiger partial charge in [0.25, 0.3) is 0 Å². The zero-order chi connectivity index (χ0) is 33.8. The molecule has 1 aliphatic heterocycles. The standard InChI is InChI=1S/C40H58NO6P/c1-2-3-4-5-6-7-8-9-10-11-12-13-14-24-32-44-34-38(42)39(47-48(43)41-31-33-45-48)46-40(35-25-18-15-19-26-35,36-27-20-16-21-28-36)37-29-22-17-23-30-37/h15-23,25-30,38-39,42H,2-14,24,31-34H2,1H3,(H,41,43). The van der Waals surface area contributed by atoms with Crippen LogP contribution in [0.15, 0.2) is 91.0 Å². The van der Waals surface area contributed by atoms with Gasteiger partial charge in [-0.3, -0.25) is 9.05 Å². The third-order valence-corrected chi connectivity index (χ3v) is 10.6. The highest BCUT2D eigenvalue weighted by Crippen LogP contribution is 2.50. The second kappa shape index (κ2) is 21.7. The number of rotatable bonds is 25. The molecule has 7 nitrogen and oxygen atoms in total. The van der Waals surface area contributed by atoms with Crippen molar-refractivity contribution < 1.29 is 28.2 Å². The molecule has 2 N–H and O–H groups in total. The maximum atomic E-state index is 13.5. The number of nitrogens with one attached hydrogen (secondary N) is 1. The van der Waals surface area contributed by atoms with Crippen LogP contribution >= 0.6 is 7.75 Å². The molecule has 0 aliphatic carbocycles. The molecule has 3 atom stereocenters. The van der Waals surface area contributed by atoms with E-state index in [1.807, 2.05) is 91.0 Å². The third kappa shape index (κ3) is 12.2. The van der Waals surface area contributed by atoms with Gasteiger partial charge in [0.1, 0.15) is 11.7 Å². The minimum atomic E-state index is -3.71. The summed E-state index contributed by atoms with van der Waals surface area (Å²) < 4.78 is 37.8. The molecule has 0 radical (unpaired) electrons. The molecule has 48 heavy (non-hydrogen) atoms. The van der Waals surface area contributed by atoms with Crippen LogP contribution in [0, 0.1) is 0 Å². The van der Waals surface area contributed by atoms with Crippen molar-refractivity contribution in [3.05, 3.63) is 108 Å². The first-order chi connectivity index (χ1) is 23.6. The van der Waals surface area contributed by atoms with Crippen LogP contribution in [-0.2, 0) is 28.7 Å². The number of aliphatic hydroxyl groups is 1. The van der Waals surface area contributed by atoms with Crippen LogP contribution in [-0.4, -0.2) is 43.9 Å². The molecule has 1 saturated heterocycles. The molecule has 0 spiro atoms. The number of benzene rings is 3. The zero-order valence-electron chi connectivity index (χ0n) is 29.0. The average molecular weight is 680 g/mol. The van der Waals surface area contributed by atoms with Crippen molar-refractivity contribution >= 4 is 7.75 Å². The summed E-state index contributed by atoms with van der Waals surface area (Å²) in [5, 5.41) is 14.4. The Kier molecular flexibility index (Phi) is 17.4. The lowest BCUT2D eigenvalue weighted by molar-refractivity contribution is -0.204. The van der Waals surface area contributed by atoms with Crippen LogP contribution < -0.4 is 5.09 Å². The summed E-state index contributed by atoms with van der Waals surface area (Å²) in [5.74, 6) is 0. The molecule has 0 amide bonds. The second-order valence-electron chi connectivity index (χ2n) is 12.8. The number of aliphatic hydroxyl groups excluding tert-OH is 1. The first-order valence-corrected chi connectivity index (χ1v) is 19.9. The van der Waals surface area contributed by atoms with Crippen molar-refractivity contribution in [3.63, 3.8) is 0 Å². The van der Waals surface area contributed by atoms with Gasteiger partial charge in [0, 0.05) is 13.2 Å². The third-order valence-electron chi connectivity index (χ3n) is 8.99. The molecule has 3 unspecified atom stereocenters. The molecule has 8 heteroatoms. The van der Waals surface area contributed by atoms with Gasteiger partial charge in [-0.15, -0.1) is 0 Å². The first kappa shape index (κ1) is 38.5. The summed E-state index contributed by atoms with van der Waals surface area (Å²) in [6.07, 6.45) is 15.5. The van der Waals surface area contributed by atoms with Crippen LogP contribution in [0.4, 0.5) is 0 Å². The summed E-state index contributed by atoms with van der Waals surface area (Å²) in [6, 6.07) is 29.5. The van der Waals surface area contributed by atoms with Gasteiger partial charge in [0.15, 0.2) is 6.29 Å². The highest BCUT2D eigenvalue weighted by atomic mass is 31.2. The number of ether oxygens (including phenoxy) is 2. The quantitative estimate of drug-likeness (QED) is 0.0399.